The molecule has 0 aromatic heterocycles. The lowest BCUT2D eigenvalue weighted by atomic mass is 10.1. The summed E-state index contributed by atoms with van der Waals surface area (Å²) in [6.45, 7) is 0.241. The van der Waals surface area contributed by atoms with Crippen molar-refractivity contribution in [3.05, 3.63) is 47.3 Å². The molecule has 0 amide bonds. The standard InChI is InChI=1S/C16H13FO3/c17-13-5-7-14(12-3-1-2-11(12)13)20-10-4-6-15-16(8-10)19-9-18-15/h4-8H,1-3,9H2. The lowest BCUT2D eigenvalue weighted by Crippen LogP contribution is -1.94. The topological polar surface area (TPSA) is 27.7 Å². The number of rotatable bonds is 2. The van der Waals surface area contributed by atoms with E-state index in [1.807, 2.05) is 12.1 Å². The van der Waals surface area contributed by atoms with E-state index >= 15 is 0 Å². The zero-order valence-electron chi connectivity index (χ0n) is 10.8. The monoisotopic (exact) mass is 272 g/mol. The largest absolute Gasteiger partial charge is 0.457 e. The van der Waals surface area contributed by atoms with Crippen LogP contribution in [0.5, 0.6) is 23.0 Å². The normalized spacial score (nSPS) is 15.2. The summed E-state index contributed by atoms with van der Waals surface area (Å²) in [6, 6.07) is 8.63. The molecule has 0 N–H and O–H groups in total. The van der Waals surface area contributed by atoms with Gasteiger partial charge in [0.2, 0.25) is 6.79 Å². The van der Waals surface area contributed by atoms with Gasteiger partial charge >= 0.3 is 0 Å². The van der Waals surface area contributed by atoms with Crippen molar-refractivity contribution in [2.24, 2.45) is 0 Å². The quantitative estimate of drug-likeness (QED) is 0.831. The molecular weight excluding hydrogens is 259 g/mol. The van der Waals surface area contributed by atoms with Gasteiger partial charge in [-0.25, -0.2) is 4.39 Å². The van der Waals surface area contributed by atoms with Crippen molar-refractivity contribution in [1.29, 1.82) is 0 Å². The molecule has 2 aliphatic rings. The third-order valence-electron chi connectivity index (χ3n) is 3.76. The Bertz CT molecular complexity index is 682. The van der Waals surface area contributed by atoms with Gasteiger partial charge in [-0.1, -0.05) is 0 Å². The molecule has 0 saturated carbocycles. The maximum atomic E-state index is 13.7. The van der Waals surface area contributed by atoms with E-state index in [9.17, 15) is 4.39 Å². The molecule has 102 valence electrons. The third-order valence-corrected chi connectivity index (χ3v) is 3.76. The van der Waals surface area contributed by atoms with Gasteiger partial charge in [-0.2, -0.15) is 0 Å². The molecule has 2 aromatic carbocycles. The van der Waals surface area contributed by atoms with Crippen molar-refractivity contribution in [3.63, 3.8) is 0 Å². The molecule has 1 aliphatic heterocycles. The highest BCUT2D eigenvalue weighted by Gasteiger charge is 2.21. The fourth-order valence-electron chi connectivity index (χ4n) is 2.79. The summed E-state index contributed by atoms with van der Waals surface area (Å²) in [4.78, 5) is 0. The second-order valence-corrected chi connectivity index (χ2v) is 4.97. The molecule has 4 rings (SSSR count). The van der Waals surface area contributed by atoms with Crippen LogP contribution in [-0.2, 0) is 12.8 Å². The summed E-state index contributed by atoms with van der Waals surface area (Å²) < 4.78 is 30.2. The molecule has 0 fully saturated rings. The van der Waals surface area contributed by atoms with Crippen LogP contribution in [0.25, 0.3) is 0 Å². The summed E-state index contributed by atoms with van der Waals surface area (Å²) >= 11 is 0. The zero-order chi connectivity index (χ0) is 13.5. The smallest absolute Gasteiger partial charge is 0.231 e. The van der Waals surface area contributed by atoms with E-state index in [-0.39, 0.29) is 12.6 Å². The number of halogens is 1. The van der Waals surface area contributed by atoms with E-state index in [0.29, 0.717) is 11.5 Å². The van der Waals surface area contributed by atoms with Gasteiger partial charge in [0.05, 0.1) is 0 Å². The van der Waals surface area contributed by atoms with Gasteiger partial charge < -0.3 is 14.2 Å². The van der Waals surface area contributed by atoms with Crippen molar-refractivity contribution < 1.29 is 18.6 Å². The maximum absolute atomic E-state index is 13.7. The van der Waals surface area contributed by atoms with E-state index in [0.717, 1.165) is 41.9 Å². The first-order chi connectivity index (χ1) is 9.81. The molecule has 0 bridgehead atoms. The van der Waals surface area contributed by atoms with Gasteiger partial charge in [-0.15, -0.1) is 0 Å². The van der Waals surface area contributed by atoms with Gasteiger partial charge in [0.25, 0.3) is 0 Å². The maximum Gasteiger partial charge on any atom is 0.231 e. The average Bonchev–Trinajstić information content (AvgIpc) is 3.10. The number of benzene rings is 2. The predicted octanol–water partition coefficient (Wildman–Crippen LogP) is 3.84. The SMILES string of the molecule is Fc1ccc(Oc2ccc3c(c2)OCO3)c2c1CCC2. The van der Waals surface area contributed by atoms with Crippen LogP contribution in [0.2, 0.25) is 0 Å². The van der Waals surface area contributed by atoms with Crippen LogP contribution in [0.3, 0.4) is 0 Å². The van der Waals surface area contributed by atoms with Crippen LogP contribution in [0.4, 0.5) is 4.39 Å². The van der Waals surface area contributed by atoms with Gasteiger partial charge in [-0.3, -0.25) is 0 Å². The lowest BCUT2D eigenvalue weighted by Gasteiger charge is -2.11. The molecule has 0 radical (unpaired) electrons. The first kappa shape index (κ1) is 11.6. The van der Waals surface area contributed by atoms with Crippen LogP contribution < -0.4 is 14.2 Å². The Kier molecular flexibility index (Phi) is 2.55. The minimum atomic E-state index is -0.129. The van der Waals surface area contributed by atoms with Crippen LogP contribution in [0.1, 0.15) is 17.5 Å². The zero-order valence-corrected chi connectivity index (χ0v) is 10.8. The number of fused-ring (bicyclic) bond motifs is 2. The Labute approximate surface area is 115 Å². The Morgan fingerprint density at radius 3 is 2.75 bits per heavy atom. The van der Waals surface area contributed by atoms with Crippen molar-refractivity contribution in [2.75, 3.05) is 6.79 Å². The van der Waals surface area contributed by atoms with Crippen molar-refractivity contribution in [3.8, 4) is 23.0 Å². The van der Waals surface area contributed by atoms with Gasteiger partial charge in [0.15, 0.2) is 11.5 Å². The van der Waals surface area contributed by atoms with Crippen molar-refractivity contribution in [1.82, 2.24) is 0 Å². The van der Waals surface area contributed by atoms with Crippen LogP contribution in [-0.4, -0.2) is 6.79 Å². The van der Waals surface area contributed by atoms with E-state index in [1.165, 1.54) is 6.07 Å². The Morgan fingerprint density at radius 2 is 1.80 bits per heavy atom. The first-order valence-corrected chi connectivity index (χ1v) is 6.69. The fourth-order valence-corrected chi connectivity index (χ4v) is 2.79. The number of ether oxygens (including phenoxy) is 3. The van der Waals surface area contributed by atoms with E-state index < -0.39 is 0 Å². The Balaban J connectivity index is 1.68. The van der Waals surface area contributed by atoms with E-state index in [4.69, 9.17) is 14.2 Å². The molecule has 20 heavy (non-hydrogen) atoms. The summed E-state index contributed by atoms with van der Waals surface area (Å²) in [7, 11) is 0. The lowest BCUT2D eigenvalue weighted by molar-refractivity contribution is 0.174. The molecular formula is C16H13FO3. The molecule has 0 saturated heterocycles. The minimum absolute atomic E-state index is 0.129. The average molecular weight is 272 g/mol. The Morgan fingerprint density at radius 1 is 0.950 bits per heavy atom. The highest BCUT2D eigenvalue weighted by molar-refractivity contribution is 5.50. The van der Waals surface area contributed by atoms with Gasteiger partial charge in [0, 0.05) is 11.6 Å². The summed E-state index contributed by atoms with van der Waals surface area (Å²) in [5.41, 5.74) is 1.78. The molecule has 3 nitrogen and oxygen atoms in total. The highest BCUT2D eigenvalue weighted by Crippen LogP contribution is 2.39. The molecule has 1 heterocycles. The van der Waals surface area contributed by atoms with Crippen molar-refractivity contribution in [2.45, 2.75) is 19.3 Å². The van der Waals surface area contributed by atoms with Crippen LogP contribution in [0.15, 0.2) is 30.3 Å². The molecule has 0 spiro atoms. The minimum Gasteiger partial charge on any atom is -0.457 e. The van der Waals surface area contributed by atoms with Gasteiger partial charge in [-0.05, 0) is 49.1 Å². The number of hydrogen-bond acceptors (Lipinski definition) is 3. The molecule has 1 aliphatic carbocycles. The summed E-state index contributed by atoms with van der Waals surface area (Å²) in [5, 5.41) is 0. The third kappa shape index (κ3) is 1.80. The molecule has 2 aromatic rings. The van der Waals surface area contributed by atoms with Crippen LogP contribution in [0, 0.1) is 5.82 Å². The van der Waals surface area contributed by atoms with Crippen LogP contribution >= 0.6 is 0 Å². The van der Waals surface area contributed by atoms with Crippen molar-refractivity contribution >= 4 is 0 Å². The number of hydrogen-bond donors (Lipinski definition) is 0. The highest BCUT2D eigenvalue weighted by atomic mass is 19.1. The first-order valence-electron chi connectivity index (χ1n) is 6.69. The molecule has 0 unspecified atom stereocenters. The van der Waals surface area contributed by atoms with Gasteiger partial charge in [0.1, 0.15) is 17.3 Å². The second kappa shape index (κ2) is 4.40. The second-order valence-electron chi connectivity index (χ2n) is 4.97. The van der Waals surface area contributed by atoms with E-state index in [1.54, 1.807) is 12.1 Å². The molecule has 0 atom stereocenters. The summed E-state index contributed by atoms with van der Waals surface area (Å²) in [5.74, 6) is 2.69. The Hall–Kier alpha value is -2.23. The fraction of sp³-hybridized carbons (Fsp3) is 0.250. The molecule has 4 heteroatoms. The predicted molar refractivity (Wildman–Crippen MR) is 71.1 cm³/mol. The summed E-state index contributed by atoms with van der Waals surface area (Å²) in [6.07, 6.45) is 2.64. The van der Waals surface area contributed by atoms with E-state index in [2.05, 4.69) is 0 Å².